The lowest BCUT2D eigenvalue weighted by Crippen LogP contribution is -2.34. The smallest absolute Gasteiger partial charge is 0.274 e. The van der Waals surface area contributed by atoms with Gasteiger partial charge in [-0.15, -0.1) is 6.58 Å². The molecule has 0 aliphatic heterocycles. The second-order valence-corrected chi connectivity index (χ2v) is 5.89. The third-order valence-electron chi connectivity index (χ3n) is 3.62. The van der Waals surface area contributed by atoms with Crippen LogP contribution in [0.4, 0.5) is 0 Å². The second-order valence-electron chi connectivity index (χ2n) is 5.89. The van der Waals surface area contributed by atoms with Crippen LogP contribution < -0.4 is 5.43 Å². The molecule has 0 spiro atoms. The number of aliphatic hydroxyl groups excluding tert-OH is 1. The van der Waals surface area contributed by atoms with Gasteiger partial charge in [-0.3, -0.25) is 9.59 Å². The van der Waals surface area contributed by atoms with Gasteiger partial charge in [0, 0.05) is 19.3 Å². The van der Waals surface area contributed by atoms with Gasteiger partial charge in [-0.2, -0.15) is 0 Å². The highest BCUT2D eigenvalue weighted by molar-refractivity contribution is 5.95. The van der Waals surface area contributed by atoms with Gasteiger partial charge >= 0.3 is 0 Å². The van der Waals surface area contributed by atoms with E-state index in [1.807, 2.05) is 32.1 Å². The molecule has 26 heavy (non-hydrogen) atoms. The van der Waals surface area contributed by atoms with Crippen LogP contribution in [0.15, 0.2) is 54.0 Å². The van der Waals surface area contributed by atoms with Crippen molar-refractivity contribution < 1.29 is 15.0 Å². The number of nitrogens with zero attached hydrogens (tertiary/aromatic N) is 1. The van der Waals surface area contributed by atoms with E-state index in [0.29, 0.717) is 13.1 Å². The van der Waals surface area contributed by atoms with Crippen LogP contribution in [0.5, 0.6) is 5.75 Å². The van der Waals surface area contributed by atoms with E-state index in [9.17, 15) is 19.8 Å². The van der Waals surface area contributed by atoms with Gasteiger partial charge in [-0.05, 0) is 19.8 Å². The number of carbonyl (C=O) groups excluding carboxylic acids is 1. The lowest BCUT2D eigenvalue weighted by atomic mass is 10.1. The maximum Gasteiger partial charge on any atom is 0.274 e. The van der Waals surface area contributed by atoms with Gasteiger partial charge in [0.1, 0.15) is 5.76 Å². The van der Waals surface area contributed by atoms with Crippen LogP contribution in [-0.4, -0.2) is 39.1 Å². The van der Waals surface area contributed by atoms with Gasteiger partial charge in [0.05, 0.1) is 5.56 Å². The number of hydrogen-bond donors (Lipinski definition) is 3. The summed E-state index contributed by atoms with van der Waals surface area (Å²) in [7, 11) is 0. The number of aromatic nitrogens is 1. The van der Waals surface area contributed by atoms with E-state index in [4.69, 9.17) is 0 Å². The van der Waals surface area contributed by atoms with Crippen LogP contribution in [-0.2, 0) is 0 Å². The predicted molar refractivity (Wildman–Crippen MR) is 104 cm³/mol. The minimum absolute atomic E-state index is 0.176. The summed E-state index contributed by atoms with van der Waals surface area (Å²) in [5, 5.41) is 19.4. The molecule has 0 unspecified atom stereocenters. The molecule has 1 aromatic heterocycles. The van der Waals surface area contributed by atoms with Crippen LogP contribution >= 0.6 is 0 Å². The van der Waals surface area contributed by atoms with Gasteiger partial charge in [0.2, 0.25) is 5.43 Å². The number of amides is 1. The van der Waals surface area contributed by atoms with E-state index in [0.717, 1.165) is 18.4 Å². The Morgan fingerprint density at radius 1 is 1.42 bits per heavy atom. The molecule has 0 aliphatic carbocycles. The quantitative estimate of drug-likeness (QED) is 0.357. The van der Waals surface area contributed by atoms with Crippen molar-refractivity contribution in [1.82, 2.24) is 9.88 Å². The Hall–Kier alpha value is -3.02. The number of allylic oxidation sites excluding steroid dienone is 4. The van der Waals surface area contributed by atoms with Crippen molar-refractivity contribution in [3.8, 4) is 5.75 Å². The van der Waals surface area contributed by atoms with Crippen LogP contribution in [0.3, 0.4) is 0 Å². The van der Waals surface area contributed by atoms with Gasteiger partial charge in [-0.1, -0.05) is 43.4 Å². The van der Waals surface area contributed by atoms with Gasteiger partial charge in [-0.25, -0.2) is 0 Å². The first-order valence-electron chi connectivity index (χ1n) is 8.38. The highest BCUT2D eigenvalue weighted by Crippen LogP contribution is 2.16. The average Bonchev–Trinajstić information content (AvgIpc) is 2.59. The fraction of sp³-hybridized carbons (Fsp3) is 0.300. The monoisotopic (exact) mass is 358 g/mol. The summed E-state index contributed by atoms with van der Waals surface area (Å²) >= 11 is 0. The number of hydrogen-bond acceptors (Lipinski definition) is 4. The molecule has 6 heteroatoms. The van der Waals surface area contributed by atoms with Crippen LogP contribution in [0, 0.1) is 0 Å². The van der Waals surface area contributed by atoms with Gasteiger partial charge in [0.25, 0.3) is 5.91 Å². The van der Waals surface area contributed by atoms with E-state index in [1.165, 1.54) is 6.20 Å². The number of nitrogens with one attached hydrogen (secondary N) is 1. The van der Waals surface area contributed by atoms with E-state index >= 15 is 0 Å². The molecule has 0 saturated heterocycles. The van der Waals surface area contributed by atoms with Crippen LogP contribution in [0.2, 0.25) is 0 Å². The Morgan fingerprint density at radius 2 is 2.12 bits per heavy atom. The molecule has 0 bridgehead atoms. The number of aliphatic hydroxyl groups is 1. The third kappa shape index (κ3) is 5.51. The SMILES string of the molecule is C=CCC=C/C=C(\C)CN(CCC)C(=O)c1[nH]cc(C(=C)O)c(=O)c1O. The third-order valence-corrected chi connectivity index (χ3v) is 3.62. The summed E-state index contributed by atoms with van der Waals surface area (Å²) in [6.07, 6.45) is 10.2. The number of aromatic hydroxyl groups is 1. The molecule has 140 valence electrons. The summed E-state index contributed by atoms with van der Waals surface area (Å²) < 4.78 is 0. The molecule has 1 amide bonds. The normalized spacial score (nSPS) is 11.5. The molecule has 0 saturated carbocycles. The van der Waals surface area contributed by atoms with Crippen molar-refractivity contribution >= 4 is 11.7 Å². The highest BCUT2D eigenvalue weighted by atomic mass is 16.3. The summed E-state index contributed by atoms with van der Waals surface area (Å²) in [5.41, 5.74) is -0.266. The van der Waals surface area contributed by atoms with Crippen molar-refractivity contribution in [1.29, 1.82) is 0 Å². The van der Waals surface area contributed by atoms with Crippen molar-refractivity contribution in [3.05, 3.63) is 70.7 Å². The second kappa shape index (κ2) is 10.1. The molecule has 1 aromatic rings. The topological polar surface area (TPSA) is 93.6 Å². The molecule has 6 nitrogen and oxygen atoms in total. The zero-order valence-corrected chi connectivity index (χ0v) is 15.3. The van der Waals surface area contributed by atoms with Crippen molar-refractivity contribution in [2.75, 3.05) is 13.1 Å². The zero-order valence-electron chi connectivity index (χ0n) is 15.3. The molecular formula is C20H26N2O4. The molecule has 0 aromatic carbocycles. The summed E-state index contributed by atoms with van der Waals surface area (Å²) in [5.74, 6) is -1.69. The summed E-state index contributed by atoms with van der Waals surface area (Å²) in [6, 6.07) is 0. The lowest BCUT2D eigenvalue weighted by molar-refractivity contribution is 0.0760. The largest absolute Gasteiger partial charge is 0.508 e. The Labute approximate surface area is 153 Å². The number of aromatic amines is 1. The Balaban J connectivity index is 3.09. The Bertz CT molecular complexity index is 787. The predicted octanol–water partition coefficient (Wildman–Crippen LogP) is 3.54. The van der Waals surface area contributed by atoms with E-state index in [2.05, 4.69) is 18.1 Å². The first-order chi connectivity index (χ1) is 12.3. The fourth-order valence-corrected chi connectivity index (χ4v) is 2.34. The first-order valence-corrected chi connectivity index (χ1v) is 8.38. The summed E-state index contributed by atoms with van der Waals surface area (Å²) in [6.45, 7) is 11.6. The maximum atomic E-state index is 12.8. The maximum absolute atomic E-state index is 12.8. The highest BCUT2D eigenvalue weighted by Gasteiger charge is 2.22. The molecule has 1 rings (SSSR count). The molecule has 3 N–H and O–H groups in total. The van der Waals surface area contributed by atoms with Crippen molar-refractivity contribution in [2.24, 2.45) is 0 Å². The number of rotatable bonds is 9. The molecule has 0 aliphatic rings. The van der Waals surface area contributed by atoms with Gasteiger partial charge in [0.15, 0.2) is 11.4 Å². The standard InChI is InChI=1S/C20H26N2O4/c1-5-7-8-9-10-14(3)13-22(11-6-2)20(26)17-19(25)18(24)16(12-21-17)15(4)23/h5,8-10,12,23,25H,1,4,6-7,11,13H2,2-3H3,(H,21,24)/b9-8?,14-10+. The van der Waals surface area contributed by atoms with E-state index in [-0.39, 0.29) is 11.3 Å². The minimum Gasteiger partial charge on any atom is -0.508 e. The number of carbonyl (C=O) groups is 1. The Morgan fingerprint density at radius 3 is 2.69 bits per heavy atom. The average molecular weight is 358 g/mol. The molecule has 0 radical (unpaired) electrons. The van der Waals surface area contributed by atoms with Crippen LogP contribution in [0.1, 0.15) is 42.7 Å². The molecule has 0 atom stereocenters. The first kappa shape index (κ1) is 21.0. The lowest BCUT2D eigenvalue weighted by Gasteiger charge is -2.22. The van der Waals surface area contributed by atoms with Crippen molar-refractivity contribution in [3.63, 3.8) is 0 Å². The fourth-order valence-electron chi connectivity index (χ4n) is 2.34. The molecular weight excluding hydrogens is 332 g/mol. The Kier molecular flexibility index (Phi) is 8.15. The van der Waals surface area contributed by atoms with E-state index in [1.54, 1.807) is 11.0 Å². The summed E-state index contributed by atoms with van der Waals surface area (Å²) in [4.78, 5) is 28.9. The number of H-pyrrole nitrogens is 1. The molecule has 0 fully saturated rings. The van der Waals surface area contributed by atoms with E-state index < -0.39 is 22.8 Å². The number of pyridine rings is 1. The molecule has 1 heterocycles. The van der Waals surface area contributed by atoms with Crippen LogP contribution in [0.25, 0.3) is 5.76 Å². The van der Waals surface area contributed by atoms with Gasteiger partial charge < -0.3 is 20.1 Å². The van der Waals surface area contributed by atoms with Crippen molar-refractivity contribution in [2.45, 2.75) is 26.7 Å². The zero-order chi connectivity index (χ0) is 19.7. The minimum atomic E-state index is -0.837.